The first-order valence-corrected chi connectivity index (χ1v) is 13.7. The molecule has 0 bridgehead atoms. The molecule has 0 aliphatic carbocycles. The number of carboxylic acid groups (broad SMARTS) is 4. The van der Waals surface area contributed by atoms with Gasteiger partial charge in [0, 0.05) is 71.6 Å². The minimum Gasteiger partial charge on any atom is -0.550 e. The Balaban J connectivity index is 0. The standard InChI is InChI=1S/2C12H7N3O2.4C2H4O2.2Cd/c2*16-15(17)10-7-8-3-1-5-13-11(8)12-9(10)4-2-6-14-12;4*1-2(3)4;;/h2*1-7H;4*1H3,(H,3,4);;/q;;;;;;2*+2/p-4. The molecule has 6 rings (SSSR count). The van der Waals surface area contributed by atoms with Gasteiger partial charge in [0.25, 0.3) is 11.4 Å². The van der Waals surface area contributed by atoms with Crippen molar-refractivity contribution in [1.29, 1.82) is 0 Å². The number of benzene rings is 2. The molecule has 2 aromatic carbocycles. The van der Waals surface area contributed by atoms with E-state index in [1.807, 2.05) is 0 Å². The number of nitro benzene ring substituents is 2. The van der Waals surface area contributed by atoms with Gasteiger partial charge < -0.3 is 39.6 Å². The van der Waals surface area contributed by atoms with Gasteiger partial charge in [0.15, 0.2) is 0 Å². The van der Waals surface area contributed by atoms with E-state index in [2.05, 4.69) is 19.9 Å². The molecule has 0 aliphatic heterocycles. The summed E-state index contributed by atoms with van der Waals surface area (Å²) in [4.78, 5) is 73.6. The summed E-state index contributed by atoms with van der Waals surface area (Å²) in [6, 6.07) is 16.9. The van der Waals surface area contributed by atoms with E-state index in [9.17, 15) is 20.2 Å². The van der Waals surface area contributed by atoms with E-state index in [0.717, 1.165) is 38.5 Å². The van der Waals surface area contributed by atoms with Crippen molar-refractivity contribution in [3.63, 3.8) is 0 Å². The van der Waals surface area contributed by atoms with Crippen LogP contribution in [0.5, 0.6) is 0 Å². The molecule has 0 amide bonds. The van der Waals surface area contributed by atoms with Crippen molar-refractivity contribution in [2.24, 2.45) is 0 Å². The molecule has 0 radical (unpaired) electrons. The molecule has 18 nitrogen and oxygen atoms in total. The Morgan fingerprint density at radius 3 is 0.962 bits per heavy atom. The van der Waals surface area contributed by atoms with Crippen LogP contribution in [0.1, 0.15) is 27.7 Å². The number of carboxylic acids is 4. The van der Waals surface area contributed by atoms with Crippen LogP contribution in [0.4, 0.5) is 11.4 Å². The quantitative estimate of drug-likeness (QED) is 0.0983. The number of non-ortho nitro benzene ring substituents is 2. The minimum atomic E-state index is -1.08. The van der Waals surface area contributed by atoms with Crippen LogP contribution in [0.15, 0.2) is 85.5 Å². The summed E-state index contributed by atoms with van der Waals surface area (Å²) in [7, 11) is 0. The van der Waals surface area contributed by atoms with Crippen molar-refractivity contribution in [3.05, 3.63) is 106 Å². The van der Waals surface area contributed by atoms with Crippen molar-refractivity contribution >= 4 is 78.9 Å². The number of carbonyl (C=O) groups is 4. The number of fused-ring (bicyclic) bond motifs is 6. The van der Waals surface area contributed by atoms with E-state index in [0.29, 0.717) is 32.8 Å². The van der Waals surface area contributed by atoms with Crippen LogP contribution in [0.2, 0.25) is 0 Å². The van der Waals surface area contributed by atoms with Gasteiger partial charge in [-0.05, 0) is 64.1 Å². The Labute approximate surface area is 334 Å². The normalized spacial score (nSPS) is 9.00. The third-order valence-corrected chi connectivity index (χ3v) is 5.27. The van der Waals surface area contributed by atoms with Crippen LogP contribution >= 0.6 is 0 Å². The number of nitrogens with zero attached hydrogens (tertiary/aromatic N) is 6. The van der Waals surface area contributed by atoms with Crippen LogP contribution in [0, 0.1) is 20.2 Å². The second kappa shape index (κ2) is 24.7. The summed E-state index contributed by atoms with van der Waals surface area (Å²) < 4.78 is 0. The van der Waals surface area contributed by atoms with Gasteiger partial charge in [-0.1, -0.05) is 12.1 Å². The van der Waals surface area contributed by atoms with Gasteiger partial charge in [-0.15, -0.1) is 0 Å². The predicted molar refractivity (Wildman–Crippen MR) is 170 cm³/mol. The average Bonchev–Trinajstić information content (AvgIpc) is 3.03. The van der Waals surface area contributed by atoms with Gasteiger partial charge >= 0.3 is 54.6 Å². The van der Waals surface area contributed by atoms with Gasteiger partial charge in [-0.2, -0.15) is 0 Å². The Morgan fingerprint density at radius 1 is 0.481 bits per heavy atom. The molecule has 0 fully saturated rings. The molecule has 4 aromatic heterocycles. The fourth-order valence-corrected chi connectivity index (χ4v) is 3.82. The molecule has 0 aliphatic rings. The van der Waals surface area contributed by atoms with Crippen molar-refractivity contribution in [2.75, 3.05) is 0 Å². The van der Waals surface area contributed by atoms with E-state index in [-0.39, 0.29) is 66.0 Å². The van der Waals surface area contributed by atoms with Gasteiger partial charge in [-0.25, -0.2) is 0 Å². The van der Waals surface area contributed by atoms with Crippen LogP contribution < -0.4 is 20.4 Å². The van der Waals surface area contributed by atoms with Crippen LogP contribution in [-0.2, 0) is 73.8 Å². The molecule has 0 spiro atoms. The predicted octanol–water partition coefficient (Wildman–Crippen LogP) is 0.402. The molecule has 0 saturated heterocycles. The first kappa shape index (κ1) is 48.7. The SMILES string of the molecule is CC(=O)[O-].CC(=O)[O-].CC(=O)[O-].CC(=O)[O-].O=[N+]([O-])c1cc2cccnc2c2ncccc12.O=[N+]([O-])c1cc2cccnc2c2ncccc12.[Cd+2].[Cd+2]. The zero-order chi connectivity index (χ0) is 38.0. The molecule has 0 unspecified atom stereocenters. The number of rotatable bonds is 2. The second-order valence-electron chi connectivity index (χ2n) is 9.22. The summed E-state index contributed by atoms with van der Waals surface area (Å²) in [6.45, 7) is 3.89. The van der Waals surface area contributed by atoms with Gasteiger partial charge in [0.1, 0.15) is 11.0 Å². The summed E-state index contributed by atoms with van der Waals surface area (Å²) in [5.41, 5.74) is 2.64. The minimum absolute atomic E-state index is 0. The summed E-state index contributed by atoms with van der Waals surface area (Å²) in [5, 5.41) is 60.1. The first-order chi connectivity index (χ1) is 23.5. The number of aliphatic carboxylic acids is 4. The van der Waals surface area contributed by atoms with Crippen molar-refractivity contribution in [3.8, 4) is 0 Å². The Hall–Kier alpha value is -5.40. The topological polar surface area (TPSA) is 298 Å². The largest absolute Gasteiger partial charge is 2.00 e. The fourth-order valence-electron chi connectivity index (χ4n) is 3.82. The van der Waals surface area contributed by atoms with Crippen LogP contribution in [-0.4, -0.2) is 53.7 Å². The molecule has 0 atom stereocenters. The smallest absolute Gasteiger partial charge is 0.550 e. The molecular formula is C32H26Cd2N6O12. The number of pyridine rings is 4. The maximum Gasteiger partial charge on any atom is 2.00 e. The zero-order valence-corrected chi connectivity index (χ0v) is 36.2. The number of aromatic nitrogens is 4. The van der Waals surface area contributed by atoms with Crippen LogP contribution in [0.3, 0.4) is 0 Å². The Morgan fingerprint density at radius 2 is 0.712 bits per heavy atom. The third kappa shape index (κ3) is 17.0. The number of carbonyl (C=O) groups excluding carboxylic acids is 4. The van der Waals surface area contributed by atoms with Crippen LogP contribution in [0.25, 0.3) is 43.6 Å². The molecule has 52 heavy (non-hydrogen) atoms. The fraction of sp³-hybridized carbons (Fsp3) is 0.125. The maximum absolute atomic E-state index is 11.0. The van der Waals surface area contributed by atoms with E-state index in [1.54, 1.807) is 73.3 Å². The monoisotopic (exact) mass is 914 g/mol. The molecular weight excluding hydrogens is 885 g/mol. The van der Waals surface area contributed by atoms with Gasteiger partial charge in [-0.3, -0.25) is 40.2 Å². The average molecular weight is 911 g/mol. The molecule has 4 heterocycles. The molecule has 260 valence electrons. The number of hydrogen-bond acceptors (Lipinski definition) is 16. The Bertz CT molecular complexity index is 1980. The Kier molecular flexibility index (Phi) is 23.1. The molecule has 0 N–H and O–H groups in total. The van der Waals surface area contributed by atoms with E-state index < -0.39 is 33.7 Å². The molecule has 0 saturated carbocycles. The molecule has 6 aromatic rings. The van der Waals surface area contributed by atoms with Gasteiger partial charge in [0.2, 0.25) is 0 Å². The van der Waals surface area contributed by atoms with E-state index in [4.69, 9.17) is 39.6 Å². The van der Waals surface area contributed by atoms with E-state index in [1.165, 1.54) is 12.1 Å². The molecule has 20 heteroatoms. The second-order valence-corrected chi connectivity index (χ2v) is 9.22. The number of hydrogen-bond donors (Lipinski definition) is 0. The number of nitro groups is 2. The van der Waals surface area contributed by atoms with Crippen molar-refractivity contribution in [1.82, 2.24) is 19.9 Å². The zero-order valence-electron chi connectivity index (χ0n) is 28.1. The van der Waals surface area contributed by atoms with E-state index >= 15 is 0 Å². The van der Waals surface area contributed by atoms with Crippen molar-refractivity contribution < 1.29 is 104 Å². The third-order valence-electron chi connectivity index (χ3n) is 5.27. The summed E-state index contributed by atoms with van der Waals surface area (Å²) in [5.74, 6) is -4.33. The first-order valence-electron chi connectivity index (χ1n) is 13.7. The summed E-state index contributed by atoms with van der Waals surface area (Å²) in [6.07, 6.45) is 6.53. The van der Waals surface area contributed by atoms with Gasteiger partial charge in [0.05, 0.1) is 31.7 Å². The maximum atomic E-state index is 11.0. The summed E-state index contributed by atoms with van der Waals surface area (Å²) >= 11 is 0. The van der Waals surface area contributed by atoms with Crippen molar-refractivity contribution in [2.45, 2.75) is 27.7 Å².